The summed E-state index contributed by atoms with van der Waals surface area (Å²) < 4.78 is 1.60. The molecule has 1 atom stereocenters. The fourth-order valence-corrected chi connectivity index (χ4v) is 5.54. The van der Waals surface area contributed by atoms with Crippen molar-refractivity contribution in [1.82, 2.24) is 30.2 Å². The molecular formula is C27H30N6O2S. The molecule has 1 aliphatic rings. The molecule has 0 radical (unpaired) electrons. The van der Waals surface area contributed by atoms with Crippen molar-refractivity contribution in [2.75, 3.05) is 0 Å². The van der Waals surface area contributed by atoms with E-state index in [1.54, 1.807) is 15.8 Å². The second-order valence-electron chi connectivity index (χ2n) is 9.29. The number of carbonyl (C=O) groups excluding carboxylic acids is 2. The van der Waals surface area contributed by atoms with E-state index < -0.39 is 6.04 Å². The summed E-state index contributed by atoms with van der Waals surface area (Å²) in [5.74, 6) is -0.363. The number of rotatable bonds is 8. The van der Waals surface area contributed by atoms with E-state index in [2.05, 4.69) is 20.6 Å². The highest BCUT2D eigenvalue weighted by molar-refractivity contribution is 7.09. The molecule has 186 valence electrons. The van der Waals surface area contributed by atoms with Crippen molar-refractivity contribution in [3.63, 3.8) is 0 Å². The average molecular weight is 503 g/mol. The quantitative estimate of drug-likeness (QED) is 0.385. The van der Waals surface area contributed by atoms with Crippen LogP contribution in [0.5, 0.6) is 0 Å². The molecule has 1 N–H and O–H groups in total. The Labute approximate surface area is 214 Å². The molecule has 2 aromatic heterocycles. The van der Waals surface area contributed by atoms with Gasteiger partial charge in [-0.05, 0) is 43.0 Å². The van der Waals surface area contributed by atoms with Gasteiger partial charge < -0.3 is 10.2 Å². The number of hydrogen-bond donors (Lipinski definition) is 1. The van der Waals surface area contributed by atoms with Crippen LogP contribution in [0.15, 0.2) is 60.1 Å². The SMILES string of the molecule is Cc1ccccc1C(C(=O)NC1CCCCC1)N(Cc1nccs1)C(=O)Cn1nnc2ccccc21. The van der Waals surface area contributed by atoms with E-state index in [0.29, 0.717) is 0 Å². The van der Waals surface area contributed by atoms with Gasteiger partial charge in [-0.15, -0.1) is 16.4 Å². The zero-order valence-electron chi connectivity index (χ0n) is 20.3. The van der Waals surface area contributed by atoms with Crippen LogP contribution in [0, 0.1) is 6.92 Å². The van der Waals surface area contributed by atoms with E-state index >= 15 is 0 Å². The fraction of sp³-hybridized carbons (Fsp3) is 0.370. The lowest BCUT2D eigenvalue weighted by Crippen LogP contribution is -2.47. The third kappa shape index (κ3) is 5.31. The standard InChI is InChI=1S/C27H30N6O2S/c1-19-9-5-6-12-21(19)26(27(35)29-20-10-3-2-4-11-20)32(17-24-28-15-16-36-24)25(34)18-33-23-14-8-7-13-22(23)30-31-33/h5-9,12-16,20,26H,2-4,10-11,17-18H2,1H3,(H,29,35). The van der Waals surface area contributed by atoms with Crippen LogP contribution in [0.3, 0.4) is 0 Å². The molecule has 0 bridgehead atoms. The number of nitrogens with zero attached hydrogens (tertiary/aromatic N) is 5. The summed E-state index contributed by atoms with van der Waals surface area (Å²) in [6.07, 6.45) is 7.09. The van der Waals surface area contributed by atoms with Crippen molar-refractivity contribution in [3.8, 4) is 0 Å². The number of para-hydroxylation sites is 1. The molecule has 0 spiro atoms. The molecule has 5 rings (SSSR count). The monoisotopic (exact) mass is 502 g/mol. The third-order valence-corrected chi connectivity index (χ3v) is 7.57. The molecule has 1 aliphatic carbocycles. The number of carbonyl (C=O) groups is 2. The van der Waals surface area contributed by atoms with Gasteiger partial charge in [0.15, 0.2) is 0 Å². The van der Waals surface area contributed by atoms with Crippen LogP contribution in [0.4, 0.5) is 0 Å². The first-order valence-electron chi connectivity index (χ1n) is 12.4. The molecule has 1 fully saturated rings. The van der Waals surface area contributed by atoms with E-state index in [1.165, 1.54) is 17.8 Å². The second kappa shape index (κ2) is 11.0. The van der Waals surface area contributed by atoms with Crippen molar-refractivity contribution in [2.24, 2.45) is 0 Å². The lowest BCUT2D eigenvalue weighted by atomic mass is 9.94. The number of benzene rings is 2. The number of aryl methyl sites for hydroxylation is 1. The largest absolute Gasteiger partial charge is 0.351 e. The molecule has 0 aliphatic heterocycles. The molecule has 8 nitrogen and oxygen atoms in total. The summed E-state index contributed by atoms with van der Waals surface area (Å²) in [6, 6.07) is 14.7. The Morgan fingerprint density at radius 1 is 1.11 bits per heavy atom. The van der Waals surface area contributed by atoms with Crippen molar-refractivity contribution < 1.29 is 9.59 Å². The van der Waals surface area contributed by atoms with Gasteiger partial charge in [-0.1, -0.05) is 60.9 Å². The first-order valence-corrected chi connectivity index (χ1v) is 13.3. The first-order chi connectivity index (χ1) is 17.6. The summed E-state index contributed by atoms with van der Waals surface area (Å²) in [4.78, 5) is 33.9. The highest BCUT2D eigenvalue weighted by Crippen LogP contribution is 2.29. The molecule has 2 amide bonds. The highest BCUT2D eigenvalue weighted by Gasteiger charge is 2.34. The van der Waals surface area contributed by atoms with Crippen molar-refractivity contribution in [2.45, 2.75) is 64.2 Å². The van der Waals surface area contributed by atoms with Crippen LogP contribution in [-0.4, -0.2) is 42.7 Å². The maximum Gasteiger partial charge on any atom is 0.247 e. The van der Waals surface area contributed by atoms with Crippen molar-refractivity contribution in [1.29, 1.82) is 0 Å². The first kappa shape index (κ1) is 24.1. The Morgan fingerprint density at radius 3 is 2.67 bits per heavy atom. The maximum absolute atomic E-state index is 13.9. The highest BCUT2D eigenvalue weighted by atomic mass is 32.1. The van der Waals surface area contributed by atoms with Crippen molar-refractivity contribution in [3.05, 3.63) is 76.2 Å². The number of aromatic nitrogens is 4. The van der Waals surface area contributed by atoms with Gasteiger partial charge in [-0.2, -0.15) is 0 Å². The molecule has 36 heavy (non-hydrogen) atoms. The van der Waals surface area contributed by atoms with Crippen LogP contribution in [0.25, 0.3) is 11.0 Å². The van der Waals surface area contributed by atoms with Crippen LogP contribution < -0.4 is 5.32 Å². The fourth-order valence-electron chi connectivity index (χ4n) is 4.92. The van der Waals surface area contributed by atoms with Gasteiger partial charge in [0, 0.05) is 17.6 Å². The maximum atomic E-state index is 13.9. The van der Waals surface area contributed by atoms with Crippen LogP contribution in [0.2, 0.25) is 0 Å². The van der Waals surface area contributed by atoms with Crippen LogP contribution in [0.1, 0.15) is 54.3 Å². The lowest BCUT2D eigenvalue weighted by Gasteiger charge is -2.33. The number of nitrogens with one attached hydrogen (secondary N) is 1. The predicted molar refractivity (Wildman–Crippen MR) is 139 cm³/mol. The number of fused-ring (bicyclic) bond motifs is 1. The van der Waals surface area contributed by atoms with E-state index in [9.17, 15) is 9.59 Å². The van der Waals surface area contributed by atoms with E-state index in [1.807, 2.05) is 60.8 Å². The summed E-state index contributed by atoms with van der Waals surface area (Å²) in [7, 11) is 0. The molecule has 1 unspecified atom stereocenters. The Hall–Kier alpha value is -3.59. The Morgan fingerprint density at radius 2 is 1.89 bits per heavy atom. The summed E-state index contributed by atoms with van der Waals surface area (Å²) >= 11 is 1.47. The average Bonchev–Trinajstić information content (AvgIpc) is 3.55. The molecule has 9 heteroatoms. The minimum absolute atomic E-state index is 0.0228. The topological polar surface area (TPSA) is 93.0 Å². The van der Waals surface area contributed by atoms with Gasteiger partial charge in [0.1, 0.15) is 23.1 Å². The molecule has 1 saturated carbocycles. The smallest absolute Gasteiger partial charge is 0.247 e. The zero-order valence-corrected chi connectivity index (χ0v) is 21.2. The van der Waals surface area contributed by atoms with Crippen molar-refractivity contribution >= 4 is 34.2 Å². The number of hydrogen-bond acceptors (Lipinski definition) is 6. The molecular weight excluding hydrogens is 472 g/mol. The lowest BCUT2D eigenvalue weighted by molar-refractivity contribution is -0.142. The van der Waals surface area contributed by atoms with Gasteiger partial charge in [0.05, 0.1) is 12.1 Å². The van der Waals surface area contributed by atoms with Gasteiger partial charge >= 0.3 is 0 Å². The van der Waals surface area contributed by atoms with Crippen LogP contribution in [-0.2, 0) is 22.7 Å². The molecule has 0 saturated heterocycles. The minimum Gasteiger partial charge on any atom is -0.351 e. The van der Waals surface area contributed by atoms with Gasteiger partial charge in [0.2, 0.25) is 11.8 Å². The zero-order chi connectivity index (χ0) is 24.9. The van der Waals surface area contributed by atoms with E-state index in [-0.39, 0.29) is 30.9 Å². The Kier molecular flexibility index (Phi) is 7.36. The third-order valence-electron chi connectivity index (χ3n) is 6.81. The van der Waals surface area contributed by atoms with E-state index in [0.717, 1.165) is 52.9 Å². The molecule has 4 aromatic rings. The molecule has 2 heterocycles. The molecule has 2 aromatic carbocycles. The minimum atomic E-state index is -0.778. The summed E-state index contributed by atoms with van der Waals surface area (Å²) in [6.45, 7) is 2.19. The normalized spacial score (nSPS) is 15.0. The van der Waals surface area contributed by atoms with Gasteiger partial charge in [-0.25, -0.2) is 9.67 Å². The Bertz CT molecular complexity index is 1330. The Balaban J connectivity index is 1.51. The number of thiazole rings is 1. The number of amides is 2. The van der Waals surface area contributed by atoms with Gasteiger partial charge in [-0.3, -0.25) is 9.59 Å². The van der Waals surface area contributed by atoms with Gasteiger partial charge in [0.25, 0.3) is 0 Å². The van der Waals surface area contributed by atoms with Crippen LogP contribution >= 0.6 is 11.3 Å². The summed E-state index contributed by atoms with van der Waals surface area (Å²) in [5, 5.41) is 14.3. The van der Waals surface area contributed by atoms with E-state index in [4.69, 9.17) is 0 Å². The predicted octanol–water partition coefficient (Wildman–Crippen LogP) is 4.42. The second-order valence-corrected chi connectivity index (χ2v) is 10.3. The summed E-state index contributed by atoms with van der Waals surface area (Å²) in [5.41, 5.74) is 3.28.